The lowest BCUT2D eigenvalue weighted by atomic mass is 10.1. The predicted octanol–water partition coefficient (Wildman–Crippen LogP) is 2.17. The average Bonchev–Trinajstić information content (AvgIpc) is 3.32. The molecule has 11 heteroatoms. The second-order valence-electron chi connectivity index (χ2n) is 6.21. The van der Waals surface area contributed by atoms with Crippen LogP contribution in [0.25, 0.3) is 0 Å². The monoisotopic (exact) mass is 439 g/mol. The number of carbonyl (C=O) groups is 3. The molecule has 156 valence electrons. The molecule has 0 atom stereocenters. The smallest absolute Gasteiger partial charge is 0.348 e. The van der Waals surface area contributed by atoms with Crippen LogP contribution >= 0.6 is 22.7 Å². The van der Waals surface area contributed by atoms with Crippen LogP contribution in [0.1, 0.15) is 41.1 Å². The Balaban J connectivity index is 1.78. The molecule has 1 aliphatic rings. The molecule has 9 nitrogen and oxygen atoms in total. The van der Waals surface area contributed by atoms with E-state index < -0.39 is 17.8 Å². The van der Waals surface area contributed by atoms with Crippen molar-refractivity contribution in [2.45, 2.75) is 13.5 Å². The zero-order valence-electron chi connectivity index (χ0n) is 16.3. The minimum absolute atomic E-state index is 0.134. The Kier molecular flexibility index (Phi) is 6.96. The zero-order valence-corrected chi connectivity index (χ0v) is 17.9. The molecule has 0 bridgehead atoms. The van der Waals surface area contributed by atoms with Gasteiger partial charge >= 0.3 is 11.9 Å². The number of esters is 2. The van der Waals surface area contributed by atoms with Crippen LogP contribution in [0.3, 0.4) is 0 Å². The van der Waals surface area contributed by atoms with Crippen molar-refractivity contribution in [3.8, 4) is 0 Å². The van der Waals surface area contributed by atoms with Gasteiger partial charge in [0.05, 0.1) is 39.5 Å². The highest BCUT2D eigenvalue weighted by Crippen LogP contribution is 2.34. The first-order valence-electron chi connectivity index (χ1n) is 8.80. The second-order valence-corrected chi connectivity index (χ2v) is 8.18. The Morgan fingerprint density at radius 1 is 1.21 bits per heavy atom. The highest BCUT2D eigenvalue weighted by atomic mass is 32.1. The molecule has 1 N–H and O–H groups in total. The van der Waals surface area contributed by atoms with Crippen LogP contribution in [-0.4, -0.2) is 68.3 Å². The first-order valence-corrected chi connectivity index (χ1v) is 10.5. The SMILES string of the molecule is COC(=O)c1sc(NC(=O)c2csc(CN3CCOCC3)n2)c(C(=O)OC)c1C. The number of thiophene rings is 1. The predicted molar refractivity (Wildman–Crippen MR) is 108 cm³/mol. The summed E-state index contributed by atoms with van der Waals surface area (Å²) in [5.41, 5.74) is 0.782. The summed E-state index contributed by atoms with van der Waals surface area (Å²) >= 11 is 2.36. The second kappa shape index (κ2) is 9.44. The molecular formula is C18H21N3O6S2. The number of hydrogen-bond acceptors (Lipinski definition) is 10. The van der Waals surface area contributed by atoms with Gasteiger partial charge in [-0.05, 0) is 12.5 Å². The largest absolute Gasteiger partial charge is 0.465 e. The van der Waals surface area contributed by atoms with E-state index in [2.05, 4.69) is 15.2 Å². The summed E-state index contributed by atoms with van der Waals surface area (Å²) in [6.07, 6.45) is 0. The van der Waals surface area contributed by atoms with E-state index in [4.69, 9.17) is 14.2 Å². The Morgan fingerprint density at radius 3 is 2.55 bits per heavy atom. The molecule has 2 aromatic rings. The number of methoxy groups -OCH3 is 2. The molecule has 1 saturated heterocycles. The Morgan fingerprint density at radius 2 is 1.90 bits per heavy atom. The summed E-state index contributed by atoms with van der Waals surface area (Å²) in [6.45, 7) is 5.29. The summed E-state index contributed by atoms with van der Waals surface area (Å²) in [6, 6.07) is 0. The molecule has 1 amide bonds. The summed E-state index contributed by atoms with van der Waals surface area (Å²) < 4.78 is 14.9. The number of nitrogens with one attached hydrogen (secondary N) is 1. The van der Waals surface area contributed by atoms with Crippen LogP contribution in [0.5, 0.6) is 0 Å². The first kappa shape index (κ1) is 21.4. The fourth-order valence-electron chi connectivity index (χ4n) is 2.84. The van der Waals surface area contributed by atoms with Gasteiger partial charge in [-0.25, -0.2) is 14.6 Å². The van der Waals surface area contributed by atoms with E-state index in [1.165, 1.54) is 25.6 Å². The maximum absolute atomic E-state index is 12.7. The van der Waals surface area contributed by atoms with E-state index in [-0.39, 0.29) is 21.1 Å². The highest BCUT2D eigenvalue weighted by molar-refractivity contribution is 7.18. The van der Waals surface area contributed by atoms with Gasteiger partial charge < -0.3 is 19.5 Å². The number of rotatable bonds is 6. The van der Waals surface area contributed by atoms with Crippen LogP contribution in [0, 0.1) is 6.92 Å². The topological polar surface area (TPSA) is 107 Å². The number of aromatic nitrogens is 1. The number of ether oxygens (including phenoxy) is 3. The molecule has 29 heavy (non-hydrogen) atoms. The molecule has 1 aliphatic heterocycles. The zero-order chi connectivity index (χ0) is 21.0. The Hall–Kier alpha value is -2.34. The van der Waals surface area contributed by atoms with Gasteiger partial charge in [0.25, 0.3) is 5.91 Å². The van der Waals surface area contributed by atoms with Gasteiger partial charge in [0.1, 0.15) is 20.6 Å². The fourth-order valence-corrected chi connectivity index (χ4v) is 4.77. The first-order chi connectivity index (χ1) is 13.9. The van der Waals surface area contributed by atoms with Crippen LogP contribution < -0.4 is 5.32 Å². The van der Waals surface area contributed by atoms with Crippen LogP contribution in [0.2, 0.25) is 0 Å². The van der Waals surface area contributed by atoms with Crippen molar-refractivity contribution in [1.82, 2.24) is 9.88 Å². The minimum atomic E-state index is -0.643. The number of carbonyl (C=O) groups excluding carboxylic acids is 3. The fraction of sp³-hybridized carbons (Fsp3) is 0.444. The molecular weight excluding hydrogens is 418 g/mol. The van der Waals surface area contributed by atoms with Crippen LogP contribution in [-0.2, 0) is 20.8 Å². The molecule has 0 radical (unpaired) electrons. The lowest BCUT2D eigenvalue weighted by molar-refractivity contribution is 0.0341. The van der Waals surface area contributed by atoms with Gasteiger partial charge in [-0.2, -0.15) is 0 Å². The van der Waals surface area contributed by atoms with Gasteiger partial charge in [0.15, 0.2) is 0 Å². The molecule has 1 fully saturated rings. The summed E-state index contributed by atoms with van der Waals surface area (Å²) in [5.74, 6) is -1.69. The molecule has 0 aromatic carbocycles. The molecule has 0 aliphatic carbocycles. The molecule has 2 aromatic heterocycles. The summed E-state index contributed by atoms with van der Waals surface area (Å²) in [4.78, 5) is 43.7. The summed E-state index contributed by atoms with van der Waals surface area (Å²) in [5, 5.41) is 5.40. The molecule has 0 spiro atoms. The van der Waals surface area contributed by atoms with Gasteiger partial charge in [0, 0.05) is 18.5 Å². The number of amides is 1. The number of anilines is 1. The average molecular weight is 440 g/mol. The van der Waals surface area contributed by atoms with Crippen molar-refractivity contribution in [1.29, 1.82) is 0 Å². The van der Waals surface area contributed by atoms with E-state index in [9.17, 15) is 14.4 Å². The van der Waals surface area contributed by atoms with Gasteiger partial charge in [-0.1, -0.05) is 0 Å². The van der Waals surface area contributed by atoms with Crippen LogP contribution in [0.15, 0.2) is 5.38 Å². The normalized spacial score (nSPS) is 14.4. The Bertz CT molecular complexity index is 917. The number of thiazole rings is 1. The maximum Gasteiger partial charge on any atom is 0.348 e. The van der Waals surface area contributed by atoms with E-state index in [0.717, 1.165) is 29.4 Å². The third-order valence-electron chi connectivity index (χ3n) is 4.38. The van der Waals surface area contributed by atoms with Crippen molar-refractivity contribution >= 4 is 45.5 Å². The van der Waals surface area contributed by atoms with E-state index in [1.54, 1.807) is 12.3 Å². The third-order valence-corrected chi connectivity index (χ3v) is 6.40. The van der Waals surface area contributed by atoms with Crippen molar-refractivity contribution in [3.05, 3.63) is 32.1 Å². The van der Waals surface area contributed by atoms with Crippen LogP contribution in [0.4, 0.5) is 5.00 Å². The van der Waals surface area contributed by atoms with E-state index in [1.807, 2.05) is 0 Å². The van der Waals surface area contributed by atoms with E-state index >= 15 is 0 Å². The summed E-state index contributed by atoms with van der Waals surface area (Å²) in [7, 11) is 2.49. The van der Waals surface area contributed by atoms with E-state index in [0.29, 0.717) is 25.3 Å². The number of hydrogen-bond donors (Lipinski definition) is 1. The Labute approximate surface area is 175 Å². The lowest BCUT2D eigenvalue weighted by Gasteiger charge is -2.25. The molecule has 3 rings (SSSR count). The molecule has 0 unspecified atom stereocenters. The standard InChI is InChI=1S/C18H21N3O6S2/c1-10-13(17(23)25-2)16(29-14(10)18(24)26-3)20-15(22)11-9-28-12(19-11)8-21-4-6-27-7-5-21/h9H,4-8H2,1-3H3,(H,20,22). The number of nitrogens with zero attached hydrogens (tertiary/aromatic N) is 2. The number of morpholine rings is 1. The maximum atomic E-state index is 12.7. The van der Waals surface area contributed by atoms with Crippen molar-refractivity contribution in [2.75, 3.05) is 45.8 Å². The van der Waals surface area contributed by atoms with Gasteiger partial charge in [-0.15, -0.1) is 22.7 Å². The quantitative estimate of drug-likeness (QED) is 0.683. The minimum Gasteiger partial charge on any atom is -0.465 e. The molecule has 0 saturated carbocycles. The lowest BCUT2D eigenvalue weighted by Crippen LogP contribution is -2.35. The molecule has 3 heterocycles. The third kappa shape index (κ3) is 4.81. The van der Waals surface area contributed by atoms with Gasteiger partial charge in [-0.3, -0.25) is 9.69 Å². The highest BCUT2D eigenvalue weighted by Gasteiger charge is 2.27. The van der Waals surface area contributed by atoms with Gasteiger partial charge in [0.2, 0.25) is 0 Å². The van der Waals surface area contributed by atoms with Crippen molar-refractivity contribution in [2.24, 2.45) is 0 Å². The van der Waals surface area contributed by atoms with Crippen molar-refractivity contribution < 1.29 is 28.6 Å². The van der Waals surface area contributed by atoms with Crippen molar-refractivity contribution in [3.63, 3.8) is 0 Å².